The first-order valence-electron chi connectivity index (χ1n) is 10.6. The summed E-state index contributed by atoms with van der Waals surface area (Å²) in [5.74, 6) is 1.48. The average molecular weight is 386 g/mol. The molecule has 0 radical (unpaired) electrons. The number of urea groups is 1. The summed E-state index contributed by atoms with van der Waals surface area (Å²) in [6.45, 7) is 6.13. The highest BCUT2D eigenvalue weighted by Gasteiger charge is 2.52. The van der Waals surface area contributed by atoms with Gasteiger partial charge in [-0.05, 0) is 69.1 Å². The van der Waals surface area contributed by atoms with Crippen LogP contribution in [0.25, 0.3) is 0 Å². The van der Waals surface area contributed by atoms with Gasteiger partial charge in [-0.3, -0.25) is 9.69 Å². The van der Waals surface area contributed by atoms with E-state index in [1.54, 1.807) is 0 Å². The fourth-order valence-corrected chi connectivity index (χ4v) is 4.91. The normalized spacial score (nSPS) is 30.9. The van der Waals surface area contributed by atoms with Crippen LogP contribution in [0.15, 0.2) is 24.3 Å². The van der Waals surface area contributed by atoms with Crippen LogP contribution in [0.2, 0.25) is 0 Å². The van der Waals surface area contributed by atoms with Crippen molar-refractivity contribution < 1.29 is 14.3 Å². The Bertz CT molecular complexity index is 725. The van der Waals surface area contributed by atoms with Crippen molar-refractivity contribution in [1.29, 1.82) is 0 Å². The topological polar surface area (TPSA) is 61.9 Å². The van der Waals surface area contributed by atoms with Crippen molar-refractivity contribution in [3.63, 3.8) is 0 Å². The van der Waals surface area contributed by atoms with Gasteiger partial charge >= 0.3 is 6.03 Å². The molecule has 4 rings (SSSR count). The molecule has 3 fully saturated rings. The minimum absolute atomic E-state index is 0.0262. The Kier molecular flexibility index (Phi) is 5.32. The Hall–Kier alpha value is -2.08. The van der Waals surface area contributed by atoms with Crippen LogP contribution in [-0.4, -0.2) is 47.1 Å². The third kappa shape index (κ3) is 3.50. The molecule has 1 spiro atoms. The van der Waals surface area contributed by atoms with E-state index >= 15 is 0 Å². The van der Waals surface area contributed by atoms with Crippen LogP contribution >= 0.6 is 0 Å². The van der Waals surface area contributed by atoms with Gasteiger partial charge in [0, 0.05) is 12.6 Å². The third-order valence-corrected chi connectivity index (χ3v) is 6.64. The van der Waals surface area contributed by atoms with E-state index in [1.807, 2.05) is 19.1 Å². The second kappa shape index (κ2) is 7.74. The number of nitrogens with zero attached hydrogens (tertiary/aromatic N) is 2. The molecule has 2 aliphatic heterocycles. The Morgan fingerprint density at radius 1 is 1.14 bits per heavy atom. The number of rotatable bonds is 5. The van der Waals surface area contributed by atoms with Crippen molar-refractivity contribution in [2.24, 2.45) is 5.92 Å². The molecule has 1 aromatic rings. The van der Waals surface area contributed by atoms with Gasteiger partial charge in [-0.2, -0.15) is 0 Å². The quantitative estimate of drug-likeness (QED) is 0.786. The highest BCUT2D eigenvalue weighted by molar-refractivity contribution is 6.07. The van der Waals surface area contributed by atoms with Gasteiger partial charge in [0.1, 0.15) is 11.3 Å². The minimum Gasteiger partial charge on any atom is -0.494 e. The summed E-state index contributed by atoms with van der Waals surface area (Å²) in [5, 5.41) is 3.03. The predicted octanol–water partition coefficient (Wildman–Crippen LogP) is 3.68. The van der Waals surface area contributed by atoms with Crippen LogP contribution < -0.4 is 10.1 Å². The fourth-order valence-electron chi connectivity index (χ4n) is 4.91. The van der Waals surface area contributed by atoms with Crippen molar-refractivity contribution in [2.75, 3.05) is 19.8 Å². The number of amides is 3. The van der Waals surface area contributed by atoms with Crippen molar-refractivity contribution in [2.45, 2.75) is 64.0 Å². The summed E-state index contributed by atoms with van der Waals surface area (Å²) in [5.41, 5.74) is 0.562. The summed E-state index contributed by atoms with van der Waals surface area (Å²) < 4.78 is 5.54. The molecule has 6 heteroatoms. The van der Waals surface area contributed by atoms with Crippen LogP contribution in [0.5, 0.6) is 5.75 Å². The molecule has 1 aliphatic carbocycles. The van der Waals surface area contributed by atoms with E-state index in [9.17, 15) is 9.59 Å². The number of nitrogens with one attached hydrogen (secondary N) is 1. The molecular weight excluding hydrogens is 354 g/mol. The minimum atomic E-state index is -0.655. The van der Waals surface area contributed by atoms with Crippen molar-refractivity contribution in [3.8, 4) is 5.75 Å². The maximum atomic E-state index is 13.1. The summed E-state index contributed by atoms with van der Waals surface area (Å²) in [4.78, 5) is 29.5. The van der Waals surface area contributed by atoms with E-state index in [-0.39, 0.29) is 18.0 Å². The molecule has 0 bridgehead atoms. The van der Waals surface area contributed by atoms with E-state index in [0.29, 0.717) is 19.2 Å². The first-order chi connectivity index (χ1) is 13.5. The molecule has 28 heavy (non-hydrogen) atoms. The van der Waals surface area contributed by atoms with E-state index < -0.39 is 5.54 Å². The second-order valence-corrected chi connectivity index (χ2v) is 8.54. The van der Waals surface area contributed by atoms with Gasteiger partial charge in [0.2, 0.25) is 0 Å². The summed E-state index contributed by atoms with van der Waals surface area (Å²) in [6, 6.07) is 8.21. The first kappa shape index (κ1) is 19.2. The molecule has 1 atom stereocenters. The molecule has 152 valence electrons. The highest BCUT2D eigenvalue weighted by atomic mass is 16.5. The SMILES string of the molecule is CCOc1ccc(C2CCCN2CN2C(=O)NC3(CCC(C)CC3)C2=O)cc1. The molecule has 0 aromatic heterocycles. The monoisotopic (exact) mass is 385 g/mol. The number of benzene rings is 1. The van der Waals surface area contributed by atoms with E-state index in [2.05, 4.69) is 29.3 Å². The van der Waals surface area contributed by atoms with Crippen LogP contribution in [0.1, 0.15) is 64.0 Å². The fraction of sp³-hybridized carbons (Fsp3) is 0.636. The number of ether oxygens (including phenoxy) is 1. The number of carbonyl (C=O) groups excluding carboxylic acids is 2. The molecule has 1 N–H and O–H groups in total. The lowest BCUT2D eigenvalue weighted by atomic mass is 9.77. The summed E-state index contributed by atoms with van der Waals surface area (Å²) in [6.07, 6.45) is 5.64. The van der Waals surface area contributed by atoms with E-state index in [0.717, 1.165) is 50.8 Å². The molecule has 3 amide bonds. The van der Waals surface area contributed by atoms with Gasteiger partial charge in [0.25, 0.3) is 5.91 Å². The maximum Gasteiger partial charge on any atom is 0.326 e. The number of carbonyl (C=O) groups is 2. The van der Waals surface area contributed by atoms with Gasteiger partial charge in [-0.1, -0.05) is 19.1 Å². The lowest BCUT2D eigenvalue weighted by Crippen LogP contribution is -2.50. The van der Waals surface area contributed by atoms with Gasteiger partial charge in [0.05, 0.1) is 13.3 Å². The Labute approximate surface area is 167 Å². The molecule has 6 nitrogen and oxygen atoms in total. The zero-order chi connectivity index (χ0) is 19.7. The number of imide groups is 1. The molecule has 2 heterocycles. The van der Waals surface area contributed by atoms with Gasteiger partial charge in [0.15, 0.2) is 0 Å². The zero-order valence-electron chi connectivity index (χ0n) is 16.9. The second-order valence-electron chi connectivity index (χ2n) is 8.54. The van der Waals surface area contributed by atoms with Crippen molar-refractivity contribution >= 4 is 11.9 Å². The zero-order valence-corrected chi connectivity index (χ0v) is 16.9. The molecule has 2 saturated heterocycles. The lowest BCUT2D eigenvalue weighted by molar-refractivity contribution is -0.134. The highest BCUT2D eigenvalue weighted by Crippen LogP contribution is 2.38. The molecule has 1 saturated carbocycles. The first-order valence-corrected chi connectivity index (χ1v) is 10.6. The van der Waals surface area contributed by atoms with Crippen molar-refractivity contribution in [1.82, 2.24) is 15.1 Å². The van der Waals surface area contributed by atoms with E-state index in [1.165, 1.54) is 10.5 Å². The van der Waals surface area contributed by atoms with Crippen molar-refractivity contribution in [3.05, 3.63) is 29.8 Å². The van der Waals surface area contributed by atoms with Crippen LogP contribution in [-0.2, 0) is 4.79 Å². The van der Waals surface area contributed by atoms with Crippen LogP contribution in [0, 0.1) is 5.92 Å². The van der Waals surface area contributed by atoms with Crippen LogP contribution in [0.3, 0.4) is 0 Å². The third-order valence-electron chi connectivity index (χ3n) is 6.64. The Morgan fingerprint density at radius 3 is 2.54 bits per heavy atom. The number of hydrogen-bond acceptors (Lipinski definition) is 4. The molecule has 3 aliphatic rings. The molecular formula is C22H31N3O3. The Morgan fingerprint density at radius 2 is 1.86 bits per heavy atom. The van der Waals surface area contributed by atoms with E-state index in [4.69, 9.17) is 4.74 Å². The smallest absolute Gasteiger partial charge is 0.326 e. The largest absolute Gasteiger partial charge is 0.494 e. The number of hydrogen-bond donors (Lipinski definition) is 1. The molecule has 1 unspecified atom stereocenters. The summed E-state index contributed by atoms with van der Waals surface area (Å²) >= 11 is 0. The summed E-state index contributed by atoms with van der Waals surface area (Å²) in [7, 11) is 0. The molecule has 1 aromatic carbocycles. The Balaban J connectivity index is 1.45. The standard InChI is InChI=1S/C22H31N3O3/c1-3-28-18-8-6-17(7-9-18)19-5-4-14-24(19)15-25-20(26)22(23-21(25)27)12-10-16(2)11-13-22/h6-9,16,19H,3-5,10-15H2,1-2H3,(H,23,27). The number of likely N-dealkylation sites (tertiary alicyclic amines) is 1. The van der Waals surface area contributed by atoms with Gasteiger partial charge < -0.3 is 10.1 Å². The van der Waals surface area contributed by atoms with Crippen LogP contribution in [0.4, 0.5) is 4.79 Å². The van der Waals surface area contributed by atoms with Gasteiger partial charge in [-0.25, -0.2) is 9.69 Å². The predicted molar refractivity (Wildman–Crippen MR) is 107 cm³/mol. The lowest BCUT2D eigenvalue weighted by Gasteiger charge is -2.34. The van der Waals surface area contributed by atoms with Gasteiger partial charge in [-0.15, -0.1) is 0 Å². The average Bonchev–Trinajstić information content (AvgIpc) is 3.24. The maximum absolute atomic E-state index is 13.1.